The van der Waals surface area contributed by atoms with Crippen LogP contribution >= 0.6 is 27.7 Å². The Hall–Kier alpha value is -2.38. The molecule has 0 N–H and O–H groups in total. The first kappa shape index (κ1) is 17.1. The quantitative estimate of drug-likeness (QED) is 0.406. The molecule has 2 aromatic heterocycles. The molecule has 0 bridgehead atoms. The average Bonchev–Trinajstić information content (AvgIpc) is 3.30. The van der Waals surface area contributed by atoms with E-state index >= 15 is 0 Å². The summed E-state index contributed by atoms with van der Waals surface area (Å²) in [4.78, 5) is 8.92. The first-order chi connectivity index (χ1) is 12.7. The second-order valence-electron chi connectivity index (χ2n) is 5.73. The Morgan fingerprint density at radius 2 is 2.00 bits per heavy atom. The minimum Gasteiger partial charge on any atom is -0.338 e. The van der Waals surface area contributed by atoms with E-state index in [1.165, 1.54) is 5.56 Å². The molecule has 0 aliphatic rings. The third-order valence-corrected chi connectivity index (χ3v) is 5.24. The number of imidazole rings is 1. The molecule has 0 aliphatic heterocycles. The van der Waals surface area contributed by atoms with Gasteiger partial charge in [0.2, 0.25) is 11.7 Å². The first-order valence-corrected chi connectivity index (χ1v) is 9.78. The van der Waals surface area contributed by atoms with E-state index in [1.807, 2.05) is 30.5 Å². The highest BCUT2D eigenvalue weighted by atomic mass is 79.9. The topological polar surface area (TPSA) is 56.7 Å². The average molecular weight is 427 g/mol. The lowest BCUT2D eigenvalue weighted by atomic mass is 10.2. The molecular weight excluding hydrogens is 412 g/mol. The summed E-state index contributed by atoms with van der Waals surface area (Å²) >= 11 is 5.02. The van der Waals surface area contributed by atoms with Gasteiger partial charge in [-0.2, -0.15) is 4.98 Å². The molecule has 0 fully saturated rings. The zero-order valence-electron chi connectivity index (χ0n) is 14.0. The lowest BCUT2D eigenvalue weighted by Crippen LogP contribution is -1.95. The second kappa shape index (κ2) is 7.47. The van der Waals surface area contributed by atoms with E-state index < -0.39 is 0 Å². The highest BCUT2D eigenvalue weighted by Crippen LogP contribution is 2.25. The molecule has 4 rings (SSSR count). The van der Waals surface area contributed by atoms with Gasteiger partial charge in [-0.05, 0) is 31.2 Å². The summed E-state index contributed by atoms with van der Waals surface area (Å²) in [6.07, 6.45) is 3.75. The van der Waals surface area contributed by atoms with E-state index in [9.17, 15) is 0 Å². The first-order valence-electron chi connectivity index (χ1n) is 8.01. The molecule has 5 nitrogen and oxygen atoms in total. The van der Waals surface area contributed by atoms with Gasteiger partial charge in [-0.25, -0.2) is 4.98 Å². The Morgan fingerprint density at radius 3 is 2.81 bits per heavy atom. The number of halogens is 1. The van der Waals surface area contributed by atoms with Crippen LogP contribution in [0.3, 0.4) is 0 Å². The molecule has 26 heavy (non-hydrogen) atoms. The van der Waals surface area contributed by atoms with E-state index in [1.54, 1.807) is 18.0 Å². The van der Waals surface area contributed by atoms with Gasteiger partial charge in [-0.3, -0.25) is 4.57 Å². The Labute approximate surface area is 163 Å². The van der Waals surface area contributed by atoms with E-state index in [0.717, 1.165) is 20.9 Å². The minimum absolute atomic E-state index is 0.559. The molecule has 0 spiro atoms. The predicted molar refractivity (Wildman–Crippen MR) is 105 cm³/mol. The zero-order chi connectivity index (χ0) is 17.9. The summed E-state index contributed by atoms with van der Waals surface area (Å²) in [5.74, 6) is 1.72. The van der Waals surface area contributed by atoms with Crippen molar-refractivity contribution in [1.82, 2.24) is 19.7 Å². The van der Waals surface area contributed by atoms with Crippen LogP contribution in [0.4, 0.5) is 0 Å². The van der Waals surface area contributed by atoms with E-state index in [4.69, 9.17) is 4.52 Å². The van der Waals surface area contributed by atoms with Crippen LogP contribution in [0, 0.1) is 6.92 Å². The second-order valence-corrected chi connectivity index (χ2v) is 7.58. The van der Waals surface area contributed by atoms with Gasteiger partial charge in [0.25, 0.3) is 0 Å². The smallest absolute Gasteiger partial charge is 0.237 e. The zero-order valence-corrected chi connectivity index (χ0v) is 16.4. The van der Waals surface area contributed by atoms with Crippen LogP contribution in [0.15, 0.2) is 75.1 Å². The number of aromatic nitrogens is 4. The highest BCUT2D eigenvalue weighted by molar-refractivity contribution is 9.10. The number of nitrogens with zero attached hydrogens (tertiary/aromatic N) is 4. The van der Waals surface area contributed by atoms with Crippen LogP contribution in [0.25, 0.3) is 17.1 Å². The van der Waals surface area contributed by atoms with Gasteiger partial charge in [0, 0.05) is 28.1 Å². The van der Waals surface area contributed by atoms with Gasteiger partial charge in [0.05, 0.1) is 5.75 Å². The molecule has 7 heteroatoms. The van der Waals surface area contributed by atoms with Crippen LogP contribution in [-0.2, 0) is 5.75 Å². The Balaban J connectivity index is 1.49. The van der Waals surface area contributed by atoms with E-state index in [2.05, 4.69) is 66.8 Å². The predicted octanol–water partition coefficient (Wildman–Crippen LogP) is 5.29. The van der Waals surface area contributed by atoms with E-state index in [-0.39, 0.29) is 0 Å². The maximum absolute atomic E-state index is 5.38. The van der Waals surface area contributed by atoms with Gasteiger partial charge in [0.1, 0.15) is 0 Å². The summed E-state index contributed by atoms with van der Waals surface area (Å²) in [6.45, 7) is 2.08. The van der Waals surface area contributed by atoms with Crippen molar-refractivity contribution in [3.8, 4) is 17.1 Å². The van der Waals surface area contributed by atoms with Gasteiger partial charge in [0.15, 0.2) is 5.16 Å². The van der Waals surface area contributed by atoms with Crippen LogP contribution < -0.4 is 0 Å². The van der Waals surface area contributed by atoms with Gasteiger partial charge >= 0.3 is 0 Å². The molecule has 4 aromatic rings. The molecule has 0 unspecified atom stereocenters. The Bertz CT molecular complexity index is 1030. The SMILES string of the molecule is Cc1ccc(-n2ccnc2SCc2nc(-c3cccc(Br)c3)no2)cc1. The summed E-state index contributed by atoms with van der Waals surface area (Å²) in [5, 5.41) is 4.96. The van der Waals surface area contributed by atoms with Crippen molar-refractivity contribution < 1.29 is 4.52 Å². The third-order valence-electron chi connectivity index (χ3n) is 3.79. The minimum atomic E-state index is 0.559. The van der Waals surface area contributed by atoms with Crippen molar-refractivity contribution in [2.24, 2.45) is 0 Å². The molecule has 0 atom stereocenters. The third kappa shape index (κ3) is 3.73. The molecule has 130 valence electrons. The monoisotopic (exact) mass is 426 g/mol. The van der Waals surface area contributed by atoms with Crippen molar-refractivity contribution in [3.05, 3.63) is 76.9 Å². The Kier molecular flexibility index (Phi) is 4.90. The normalized spacial score (nSPS) is 11.0. The molecular formula is C19H15BrN4OS. The maximum Gasteiger partial charge on any atom is 0.237 e. The molecule has 0 aliphatic carbocycles. The number of rotatable bonds is 5. The molecule has 0 saturated carbocycles. The Morgan fingerprint density at radius 1 is 1.15 bits per heavy atom. The van der Waals surface area contributed by atoms with Gasteiger partial charge in [-0.1, -0.05) is 62.7 Å². The van der Waals surface area contributed by atoms with Crippen LogP contribution in [0.2, 0.25) is 0 Å². The van der Waals surface area contributed by atoms with Crippen molar-refractivity contribution >= 4 is 27.7 Å². The number of thioether (sulfide) groups is 1. The largest absolute Gasteiger partial charge is 0.338 e. The van der Waals surface area contributed by atoms with Crippen molar-refractivity contribution in [3.63, 3.8) is 0 Å². The van der Waals surface area contributed by atoms with Gasteiger partial charge in [-0.15, -0.1) is 0 Å². The molecule has 0 amide bonds. The number of aryl methyl sites for hydroxylation is 1. The number of hydrogen-bond acceptors (Lipinski definition) is 5. The fourth-order valence-corrected chi connectivity index (χ4v) is 3.69. The number of benzene rings is 2. The molecule has 2 aromatic carbocycles. The summed E-state index contributed by atoms with van der Waals surface area (Å²) in [5.41, 5.74) is 3.23. The maximum atomic E-state index is 5.38. The summed E-state index contributed by atoms with van der Waals surface area (Å²) < 4.78 is 8.42. The fourth-order valence-electron chi connectivity index (χ4n) is 2.48. The highest BCUT2D eigenvalue weighted by Gasteiger charge is 2.12. The van der Waals surface area contributed by atoms with Gasteiger partial charge < -0.3 is 4.52 Å². The van der Waals surface area contributed by atoms with Crippen LogP contribution in [0.1, 0.15) is 11.5 Å². The summed E-state index contributed by atoms with van der Waals surface area (Å²) in [7, 11) is 0. The number of hydrogen-bond donors (Lipinski definition) is 0. The molecule has 2 heterocycles. The fraction of sp³-hybridized carbons (Fsp3) is 0.105. The standard InChI is InChI=1S/C19H15BrN4OS/c1-13-5-7-16(8-6-13)24-10-9-21-19(24)26-12-17-22-18(23-25-17)14-3-2-4-15(20)11-14/h2-11H,12H2,1H3. The lowest BCUT2D eigenvalue weighted by Gasteiger charge is -2.06. The lowest BCUT2D eigenvalue weighted by molar-refractivity contribution is 0.391. The van der Waals surface area contributed by atoms with E-state index in [0.29, 0.717) is 17.5 Å². The van der Waals surface area contributed by atoms with Crippen molar-refractivity contribution in [1.29, 1.82) is 0 Å². The van der Waals surface area contributed by atoms with Crippen molar-refractivity contribution in [2.75, 3.05) is 0 Å². The molecule has 0 radical (unpaired) electrons. The summed E-state index contributed by atoms with van der Waals surface area (Å²) in [6, 6.07) is 16.2. The van der Waals surface area contributed by atoms with Crippen LogP contribution in [0.5, 0.6) is 0 Å². The van der Waals surface area contributed by atoms with Crippen LogP contribution in [-0.4, -0.2) is 19.7 Å². The van der Waals surface area contributed by atoms with Crippen molar-refractivity contribution in [2.45, 2.75) is 17.8 Å². The molecule has 0 saturated heterocycles.